The Hall–Kier alpha value is -2.15. The summed E-state index contributed by atoms with van der Waals surface area (Å²) in [4.78, 5) is 9.30. The topological polar surface area (TPSA) is 84.0 Å². The predicted octanol–water partition coefficient (Wildman–Crippen LogP) is 3.10. The molecule has 6 nitrogen and oxygen atoms in total. The Bertz CT molecular complexity index is 864. The minimum Gasteiger partial charge on any atom is -0.366 e. The van der Waals surface area contributed by atoms with Crippen molar-refractivity contribution in [2.45, 2.75) is 44.2 Å². The quantitative estimate of drug-likeness (QED) is 0.839. The number of aromatic nitrogens is 2. The van der Waals surface area contributed by atoms with E-state index in [2.05, 4.69) is 20.6 Å². The van der Waals surface area contributed by atoms with Crippen molar-refractivity contribution in [1.29, 1.82) is 0 Å². The molecule has 2 aliphatic rings. The van der Waals surface area contributed by atoms with Gasteiger partial charge in [-0.25, -0.2) is 13.4 Å². The summed E-state index contributed by atoms with van der Waals surface area (Å²) < 4.78 is 23.5. The van der Waals surface area contributed by atoms with Gasteiger partial charge in [0.05, 0.1) is 17.2 Å². The van der Waals surface area contributed by atoms with Crippen molar-refractivity contribution in [3.05, 3.63) is 36.4 Å². The van der Waals surface area contributed by atoms with Crippen LogP contribution in [0.1, 0.15) is 32.1 Å². The van der Waals surface area contributed by atoms with Crippen LogP contribution in [0.15, 0.2) is 36.4 Å². The van der Waals surface area contributed by atoms with Gasteiger partial charge in [0.25, 0.3) is 0 Å². The lowest BCUT2D eigenvalue weighted by molar-refractivity contribution is 0.602. The molecule has 2 aromatic rings. The zero-order valence-corrected chi connectivity index (χ0v) is 15.5. The normalized spacial score (nSPS) is 22.4. The minimum atomic E-state index is -2.93. The first-order chi connectivity index (χ1) is 12.6. The Morgan fingerprint density at radius 3 is 2.38 bits per heavy atom. The molecule has 2 heterocycles. The summed E-state index contributed by atoms with van der Waals surface area (Å²) in [6.45, 7) is 0. The van der Waals surface area contributed by atoms with E-state index in [1.54, 1.807) is 0 Å². The van der Waals surface area contributed by atoms with Gasteiger partial charge in [0.1, 0.15) is 5.82 Å². The second kappa shape index (κ2) is 7.23. The van der Waals surface area contributed by atoms with Gasteiger partial charge in [-0.15, -0.1) is 0 Å². The predicted molar refractivity (Wildman–Crippen MR) is 104 cm³/mol. The van der Waals surface area contributed by atoms with Crippen molar-refractivity contribution in [1.82, 2.24) is 9.97 Å². The average molecular weight is 372 g/mol. The van der Waals surface area contributed by atoms with E-state index >= 15 is 0 Å². The van der Waals surface area contributed by atoms with Crippen LogP contribution in [0.5, 0.6) is 0 Å². The first-order valence-electron chi connectivity index (χ1n) is 9.25. The lowest BCUT2D eigenvalue weighted by Gasteiger charge is -2.17. The molecule has 1 saturated carbocycles. The Balaban J connectivity index is 1.61. The molecule has 7 heteroatoms. The summed E-state index contributed by atoms with van der Waals surface area (Å²) in [6.07, 6.45) is 5.38. The van der Waals surface area contributed by atoms with E-state index < -0.39 is 9.84 Å². The zero-order chi connectivity index (χ0) is 18.0. The van der Waals surface area contributed by atoms with Gasteiger partial charge in [-0.3, -0.25) is 0 Å². The molecule has 26 heavy (non-hydrogen) atoms. The largest absolute Gasteiger partial charge is 0.366 e. The summed E-state index contributed by atoms with van der Waals surface area (Å²) >= 11 is 0. The van der Waals surface area contributed by atoms with Crippen LogP contribution in [-0.2, 0) is 9.84 Å². The number of rotatable bonds is 5. The first kappa shape index (κ1) is 17.3. The van der Waals surface area contributed by atoms with Crippen molar-refractivity contribution in [3.8, 4) is 11.3 Å². The maximum absolute atomic E-state index is 11.7. The van der Waals surface area contributed by atoms with E-state index in [-0.39, 0.29) is 17.5 Å². The molecule has 1 atom stereocenters. The number of benzene rings is 1. The fraction of sp³-hybridized carbons (Fsp3) is 0.474. The Labute approximate surface area is 154 Å². The van der Waals surface area contributed by atoms with Crippen molar-refractivity contribution >= 4 is 21.6 Å². The van der Waals surface area contributed by atoms with Crippen molar-refractivity contribution in [3.63, 3.8) is 0 Å². The molecule has 1 saturated heterocycles. The van der Waals surface area contributed by atoms with Gasteiger partial charge in [0, 0.05) is 23.7 Å². The molecule has 4 rings (SSSR count). The van der Waals surface area contributed by atoms with E-state index in [4.69, 9.17) is 0 Å². The maximum atomic E-state index is 11.7. The molecule has 1 aliphatic heterocycles. The highest BCUT2D eigenvalue weighted by molar-refractivity contribution is 7.91. The third kappa shape index (κ3) is 4.15. The monoisotopic (exact) mass is 372 g/mol. The van der Waals surface area contributed by atoms with Gasteiger partial charge in [-0.2, -0.15) is 4.98 Å². The smallest absolute Gasteiger partial charge is 0.225 e. The van der Waals surface area contributed by atoms with Crippen molar-refractivity contribution in [2.75, 3.05) is 22.1 Å². The standard InChI is InChI=1S/C19H24N4O2S/c24-26(25)11-10-16(13-26)20-18-12-17(14-6-2-1-3-7-14)22-19(23-18)21-15-8-4-5-9-15/h1-3,6-7,12,15-16H,4-5,8-11,13H2,(H2,20,21,22,23). The average Bonchev–Trinajstić information content (AvgIpc) is 3.25. The second-order valence-electron chi connectivity index (χ2n) is 7.20. The van der Waals surface area contributed by atoms with Crippen LogP contribution in [0.4, 0.5) is 11.8 Å². The first-order valence-corrected chi connectivity index (χ1v) is 11.1. The lowest BCUT2D eigenvalue weighted by atomic mass is 10.1. The SMILES string of the molecule is O=S1(=O)CCC(Nc2cc(-c3ccccc3)nc(NC3CCCC3)n2)C1. The van der Waals surface area contributed by atoms with Crippen LogP contribution in [0.2, 0.25) is 0 Å². The van der Waals surface area contributed by atoms with Crippen molar-refractivity contribution in [2.24, 2.45) is 0 Å². The Morgan fingerprint density at radius 2 is 1.69 bits per heavy atom. The fourth-order valence-electron chi connectivity index (χ4n) is 3.71. The van der Waals surface area contributed by atoms with Crippen LogP contribution < -0.4 is 10.6 Å². The number of hydrogen-bond acceptors (Lipinski definition) is 6. The van der Waals surface area contributed by atoms with E-state index in [9.17, 15) is 8.42 Å². The van der Waals surface area contributed by atoms with Gasteiger partial charge in [0.2, 0.25) is 5.95 Å². The number of nitrogens with one attached hydrogen (secondary N) is 2. The van der Waals surface area contributed by atoms with E-state index in [0.29, 0.717) is 24.2 Å². The molecule has 1 aromatic carbocycles. The molecule has 1 unspecified atom stereocenters. The summed E-state index contributed by atoms with van der Waals surface area (Å²) in [5.74, 6) is 1.71. The Kier molecular flexibility index (Phi) is 4.80. The number of nitrogens with zero attached hydrogens (tertiary/aromatic N) is 2. The Morgan fingerprint density at radius 1 is 0.923 bits per heavy atom. The van der Waals surface area contributed by atoms with Crippen LogP contribution in [0.3, 0.4) is 0 Å². The highest BCUT2D eigenvalue weighted by Crippen LogP contribution is 2.26. The number of hydrogen-bond donors (Lipinski definition) is 2. The van der Waals surface area contributed by atoms with E-state index in [1.807, 2.05) is 36.4 Å². The molecular formula is C19H24N4O2S. The molecule has 1 aliphatic carbocycles. The third-order valence-corrected chi connectivity index (χ3v) is 6.84. The summed E-state index contributed by atoms with van der Waals surface area (Å²) in [7, 11) is -2.93. The van der Waals surface area contributed by atoms with Crippen LogP contribution in [0, 0.1) is 0 Å². The fourth-order valence-corrected chi connectivity index (χ4v) is 5.39. The zero-order valence-electron chi connectivity index (χ0n) is 14.7. The van der Waals surface area contributed by atoms with E-state index in [1.165, 1.54) is 12.8 Å². The number of anilines is 2. The van der Waals surface area contributed by atoms with Crippen molar-refractivity contribution < 1.29 is 8.42 Å². The molecule has 2 fully saturated rings. The lowest BCUT2D eigenvalue weighted by Crippen LogP contribution is -2.22. The molecule has 0 amide bonds. The molecule has 0 bridgehead atoms. The van der Waals surface area contributed by atoms with Gasteiger partial charge >= 0.3 is 0 Å². The summed E-state index contributed by atoms with van der Waals surface area (Å²) in [5, 5.41) is 6.75. The summed E-state index contributed by atoms with van der Waals surface area (Å²) in [6, 6.07) is 12.2. The van der Waals surface area contributed by atoms with Gasteiger partial charge < -0.3 is 10.6 Å². The molecule has 1 aromatic heterocycles. The minimum absolute atomic E-state index is 0.0853. The number of sulfone groups is 1. The molecule has 2 N–H and O–H groups in total. The third-order valence-electron chi connectivity index (χ3n) is 5.07. The summed E-state index contributed by atoms with van der Waals surface area (Å²) in [5.41, 5.74) is 1.86. The maximum Gasteiger partial charge on any atom is 0.225 e. The van der Waals surface area contributed by atoms with Crippen LogP contribution in [-0.4, -0.2) is 42.0 Å². The van der Waals surface area contributed by atoms with Crippen LogP contribution >= 0.6 is 0 Å². The van der Waals surface area contributed by atoms with Gasteiger partial charge in [0.15, 0.2) is 9.84 Å². The molecule has 0 radical (unpaired) electrons. The second-order valence-corrected chi connectivity index (χ2v) is 9.43. The van der Waals surface area contributed by atoms with Gasteiger partial charge in [-0.1, -0.05) is 43.2 Å². The molecule has 138 valence electrons. The van der Waals surface area contributed by atoms with Gasteiger partial charge in [-0.05, 0) is 19.3 Å². The van der Waals surface area contributed by atoms with E-state index in [0.717, 1.165) is 24.1 Å². The molecular weight excluding hydrogens is 348 g/mol. The molecule has 0 spiro atoms. The highest BCUT2D eigenvalue weighted by Gasteiger charge is 2.28. The highest BCUT2D eigenvalue weighted by atomic mass is 32.2. The van der Waals surface area contributed by atoms with Crippen LogP contribution in [0.25, 0.3) is 11.3 Å².